The van der Waals surface area contributed by atoms with Crippen LogP contribution in [-0.2, 0) is 14.3 Å². The molecular formula is C11H17NO3. The zero-order valence-electron chi connectivity index (χ0n) is 9.64. The zero-order valence-corrected chi connectivity index (χ0v) is 9.64. The smallest absolute Gasteiger partial charge is 0.313 e. The number of hydrogen-bond donors (Lipinski definition) is 1. The van der Waals surface area contributed by atoms with E-state index in [0.717, 1.165) is 6.42 Å². The first-order valence-corrected chi connectivity index (χ1v) is 5.27. The second kappa shape index (κ2) is 2.54. The lowest BCUT2D eigenvalue weighted by Crippen LogP contribution is -2.52. The summed E-state index contributed by atoms with van der Waals surface area (Å²) in [5.74, 6) is -0.413. The molecule has 84 valence electrons. The molecule has 4 nitrogen and oxygen atoms in total. The van der Waals surface area contributed by atoms with Gasteiger partial charge in [-0.2, -0.15) is 0 Å². The van der Waals surface area contributed by atoms with Gasteiger partial charge in [-0.25, -0.2) is 0 Å². The molecule has 0 aromatic rings. The Morgan fingerprint density at radius 2 is 1.93 bits per heavy atom. The van der Waals surface area contributed by atoms with E-state index >= 15 is 0 Å². The Balaban J connectivity index is 2.54. The summed E-state index contributed by atoms with van der Waals surface area (Å²) in [4.78, 5) is 23.7. The minimum Gasteiger partial charge on any atom is -0.448 e. The van der Waals surface area contributed by atoms with Gasteiger partial charge in [-0.05, 0) is 19.8 Å². The van der Waals surface area contributed by atoms with Gasteiger partial charge < -0.3 is 10.1 Å². The van der Waals surface area contributed by atoms with Gasteiger partial charge in [0.2, 0.25) is 0 Å². The lowest BCUT2D eigenvalue weighted by Gasteiger charge is -2.34. The number of rotatable bonds is 1. The summed E-state index contributed by atoms with van der Waals surface area (Å²) in [7, 11) is 1.58. The molecule has 2 atom stereocenters. The van der Waals surface area contributed by atoms with Gasteiger partial charge in [-0.15, -0.1) is 0 Å². The second-order valence-corrected chi connectivity index (χ2v) is 5.25. The van der Waals surface area contributed by atoms with E-state index in [1.807, 2.05) is 20.8 Å². The van der Waals surface area contributed by atoms with Crippen LogP contribution in [-0.4, -0.2) is 24.5 Å². The molecule has 1 aliphatic carbocycles. The number of nitrogens with one attached hydrogen (secondary N) is 1. The van der Waals surface area contributed by atoms with Crippen LogP contribution < -0.4 is 5.32 Å². The molecule has 1 heterocycles. The van der Waals surface area contributed by atoms with Crippen LogP contribution in [0.1, 0.15) is 33.6 Å². The number of carbonyl (C=O) groups excluding carboxylic acids is 2. The molecule has 2 aliphatic rings. The van der Waals surface area contributed by atoms with E-state index in [2.05, 4.69) is 5.32 Å². The van der Waals surface area contributed by atoms with Gasteiger partial charge >= 0.3 is 5.97 Å². The predicted octanol–water partition coefficient (Wildman–Crippen LogP) is 0.854. The largest absolute Gasteiger partial charge is 0.448 e. The standard InChI is InChI=1S/C11H17NO3/c1-9(2)10(3)5-6-11(9,7(13)12-4)15-8(10)14/h5-6H2,1-4H3,(H,12,13)/t10-,11-/m0/s1. The zero-order chi connectivity index (χ0) is 11.5. The Morgan fingerprint density at radius 1 is 1.33 bits per heavy atom. The molecule has 1 N–H and O–H groups in total. The Kier molecular flexibility index (Phi) is 1.77. The van der Waals surface area contributed by atoms with E-state index in [-0.39, 0.29) is 11.9 Å². The molecule has 0 aromatic carbocycles. The molecule has 2 fully saturated rings. The third-order valence-electron chi connectivity index (χ3n) is 4.68. The summed E-state index contributed by atoms with van der Waals surface area (Å²) in [6, 6.07) is 0. The fourth-order valence-corrected chi connectivity index (χ4v) is 2.95. The molecule has 1 saturated carbocycles. The van der Waals surface area contributed by atoms with Crippen molar-refractivity contribution in [3.8, 4) is 0 Å². The lowest BCUT2D eigenvalue weighted by molar-refractivity contribution is -0.168. The normalized spacial score (nSPS) is 41.5. The fraction of sp³-hybridized carbons (Fsp3) is 0.818. The van der Waals surface area contributed by atoms with Crippen LogP contribution >= 0.6 is 0 Å². The van der Waals surface area contributed by atoms with Crippen molar-refractivity contribution in [3.63, 3.8) is 0 Å². The van der Waals surface area contributed by atoms with Crippen LogP contribution in [0.15, 0.2) is 0 Å². The minimum absolute atomic E-state index is 0.179. The summed E-state index contributed by atoms with van der Waals surface area (Å²) in [5, 5.41) is 2.60. The lowest BCUT2D eigenvalue weighted by atomic mass is 9.66. The molecule has 1 aliphatic heterocycles. The van der Waals surface area contributed by atoms with Crippen molar-refractivity contribution in [1.82, 2.24) is 5.32 Å². The van der Waals surface area contributed by atoms with Crippen LogP contribution in [0.3, 0.4) is 0 Å². The molecule has 2 bridgehead atoms. The number of hydrogen-bond acceptors (Lipinski definition) is 3. The third kappa shape index (κ3) is 0.840. The highest BCUT2D eigenvalue weighted by Crippen LogP contribution is 2.65. The van der Waals surface area contributed by atoms with Crippen molar-refractivity contribution < 1.29 is 14.3 Å². The van der Waals surface area contributed by atoms with Gasteiger partial charge in [-0.1, -0.05) is 13.8 Å². The van der Waals surface area contributed by atoms with Crippen molar-refractivity contribution in [2.75, 3.05) is 7.05 Å². The van der Waals surface area contributed by atoms with Gasteiger partial charge in [0, 0.05) is 12.5 Å². The number of ether oxygens (including phenoxy) is 1. The van der Waals surface area contributed by atoms with Gasteiger partial charge in [0.1, 0.15) is 0 Å². The molecule has 1 saturated heterocycles. The van der Waals surface area contributed by atoms with E-state index in [9.17, 15) is 9.59 Å². The first-order chi connectivity index (χ1) is 6.82. The van der Waals surface area contributed by atoms with E-state index in [4.69, 9.17) is 4.74 Å². The number of carbonyl (C=O) groups is 2. The number of esters is 1. The minimum atomic E-state index is -0.951. The molecule has 0 spiro atoms. The topological polar surface area (TPSA) is 55.4 Å². The molecular weight excluding hydrogens is 194 g/mol. The molecule has 2 rings (SSSR count). The van der Waals surface area contributed by atoms with E-state index in [1.165, 1.54) is 0 Å². The van der Waals surface area contributed by atoms with Crippen molar-refractivity contribution in [3.05, 3.63) is 0 Å². The van der Waals surface area contributed by atoms with E-state index in [0.29, 0.717) is 6.42 Å². The SMILES string of the molecule is CNC(=O)[C@]12CC[C@@](C)(C(=O)O1)C2(C)C. The van der Waals surface area contributed by atoms with Crippen LogP contribution in [0.25, 0.3) is 0 Å². The highest BCUT2D eigenvalue weighted by Gasteiger charge is 2.75. The summed E-state index contributed by atoms with van der Waals surface area (Å²) in [5.41, 5.74) is -1.90. The highest BCUT2D eigenvalue weighted by atomic mass is 16.6. The molecule has 0 aromatic heterocycles. The third-order valence-corrected chi connectivity index (χ3v) is 4.68. The van der Waals surface area contributed by atoms with Crippen LogP contribution in [0, 0.1) is 10.8 Å². The molecule has 0 unspecified atom stereocenters. The van der Waals surface area contributed by atoms with Crippen molar-refractivity contribution in [2.24, 2.45) is 10.8 Å². The number of fused-ring (bicyclic) bond motifs is 2. The summed E-state index contributed by atoms with van der Waals surface area (Å²) >= 11 is 0. The number of amides is 1. The Hall–Kier alpha value is -1.06. The van der Waals surface area contributed by atoms with Crippen LogP contribution in [0.2, 0.25) is 0 Å². The van der Waals surface area contributed by atoms with Crippen LogP contribution in [0.4, 0.5) is 0 Å². The monoisotopic (exact) mass is 211 g/mol. The average Bonchev–Trinajstić information content (AvgIpc) is 2.47. The van der Waals surface area contributed by atoms with Gasteiger partial charge in [-0.3, -0.25) is 9.59 Å². The summed E-state index contributed by atoms with van der Waals surface area (Å²) in [6.45, 7) is 5.79. The average molecular weight is 211 g/mol. The molecule has 4 heteroatoms. The van der Waals surface area contributed by atoms with Gasteiger partial charge in [0.25, 0.3) is 5.91 Å². The molecule has 15 heavy (non-hydrogen) atoms. The maximum Gasteiger partial charge on any atom is 0.313 e. The number of likely N-dealkylation sites (N-methyl/N-ethyl adjacent to an activating group) is 1. The van der Waals surface area contributed by atoms with E-state index in [1.54, 1.807) is 7.05 Å². The van der Waals surface area contributed by atoms with Gasteiger partial charge in [0.05, 0.1) is 5.41 Å². The van der Waals surface area contributed by atoms with Crippen molar-refractivity contribution >= 4 is 11.9 Å². The summed E-state index contributed by atoms with van der Waals surface area (Å²) < 4.78 is 5.37. The van der Waals surface area contributed by atoms with Crippen molar-refractivity contribution in [2.45, 2.75) is 39.2 Å². The fourth-order valence-electron chi connectivity index (χ4n) is 2.95. The first kappa shape index (κ1) is 10.5. The second-order valence-electron chi connectivity index (χ2n) is 5.25. The van der Waals surface area contributed by atoms with E-state index < -0.39 is 16.4 Å². The predicted molar refractivity (Wildman–Crippen MR) is 54.0 cm³/mol. The molecule has 1 amide bonds. The first-order valence-electron chi connectivity index (χ1n) is 5.27. The Bertz CT molecular complexity index is 350. The Morgan fingerprint density at radius 3 is 2.27 bits per heavy atom. The highest BCUT2D eigenvalue weighted by molar-refractivity contribution is 5.96. The molecule has 0 radical (unpaired) electrons. The maximum absolute atomic E-state index is 11.9. The maximum atomic E-state index is 11.9. The van der Waals surface area contributed by atoms with Crippen LogP contribution in [0.5, 0.6) is 0 Å². The van der Waals surface area contributed by atoms with Gasteiger partial charge in [0.15, 0.2) is 5.60 Å². The Labute approximate surface area is 89.4 Å². The quantitative estimate of drug-likeness (QED) is 0.654. The summed E-state index contributed by atoms with van der Waals surface area (Å²) in [6.07, 6.45) is 1.36. The van der Waals surface area contributed by atoms with Crippen molar-refractivity contribution in [1.29, 1.82) is 0 Å².